The molecule has 0 aliphatic carbocycles. The van der Waals surface area contributed by atoms with Gasteiger partial charge >= 0.3 is 0 Å². The van der Waals surface area contributed by atoms with Crippen LogP contribution in [-0.4, -0.2) is 20.7 Å². The number of nitrogens with zero attached hydrogens (tertiary/aromatic N) is 2. The van der Waals surface area contributed by atoms with E-state index in [1.54, 1.807) is 35.8 Å². The maximum absolute atomic E-state index is 13.0. The molecule has 1 heterocycles. The number of benzene rings is 2. The second-order valence-corrected chi connectivity index (χ2v) is 8.43. The molecule has 3 rings (SSSR count). The summed E-state index contributed by atoms with van der Waals surface area (Å²) in [6.45, 7) is 4.41. The fraction of sp³-hybridized carbons (Fsp3) is 0.250. The Balaban J connectivity index is 1.77. The number of amides is 1. The van der Waals surface area contributed by atoms with Crippen LogP contribution in [0.25, 0.3) is 10.9 Å². The van der Waals surface area contributed by atoms with Gasteiger partial charge in [0.1, 0.15) is 5.82 Å². The van der Waals surface area contributed by atoms with Crippen LogP contribution in [0.2, 0.25) is 0 Å². The fourth-order valence-electron chi connectivity index (χ4n) is 2.69. The van der Waals surface area contributed by atoms with Crippen LogP contribution in [0, 0.1) is 5.82 Å². The topological polar surface area (TPSA) is 64.0 Å². The summed E-state index contributed by atoms with van der Waals surface area (Å²) < 4.78 is 15.4. The van der Waals surface area contributed by atoms with E-state index < -0.39 is 5.25 Å². The van der Waals surface area contributed by atoms with Gasteiger partial charge in [0.25, 0.3) is 5.56 Å². The molecule has 0 saturated heterocycles. The molecule has 1 aromatic heterocycles. The first-order valence-electron chi connectivity index (χ1n) is 8.78. The molecule has 5 nitrogen and oxygen atoms in total. The van der Waals surface area contributed by atoms with Gasteiger partial charge in [-0.3, -0.25) is 14.2 Å². The van der Waals surface area contributed by atoms with Crippen molar-refractivity contribution >= 4 is 44.5 Å². The largest absolute Gasteiger partial charge is 0.351 e. The van der Waals surface area contributed by atoms with Crippen molar-refractivity contribution in [3.05, 3.63) is 68.7 Å². The summed E-state index contributed by atoms with van der Waals surface area (Å²) in [6, 6.07) is 11.3. The lowest BCUT2D eigenvalue weighted by molar-refractivity contribution is -0.120. The predicted octanol–water partition coefficient (Wildman–Crippen LogP) is 4.12. The first-order chi connectivity index (χ1) is 13.4. The van der Waals surface area contributed by atoms with Gasteiger partial charge in [-0.15, -0.1) is 0 Å². The number of carbonyl (C=O) groups excluding carboxylic acids is 1. The highest BCUT2D eigenvalue weighted by molar-refractivity contribution is 9.10. The molecule has 0 fully saturated rings. The normalized spacial score (nSPS) is 12.1. The van der Waals surface area contributed by atoms with E-state index >= 15 is 0 Å². The number of carbonyl (C=O) groups is 1. The Morgan fingerprint density at radius 1 is 1.29 bits per heavy atom. The predicted molar refractivity (Wildman–Crippen MR) is 113 cm³/mol. The molecule has 1 unspecified atom stereocenters. The smallest absolute Gasteiger partial charge is 0.262 e. The number of fused-ring (bicyclic) bond motifs is 1. The Kier molecular flexibility index (Phi) is 6.51. The van der Waals surface area contributed by atoms with Gasteiger partial charge < -0.3 is 5.32 Å². The van der Waals surface area contributed by atoms with E-state index in [9.17, 15) is 14.0 Å². The van der Waals surface area contributed by atoms with Crippen molar-refractivity contribution in [2.75, 3.05) is 0 Å². The molecule has 0 saturated carbocycles. The average molecular weight is 464 g/mol. The highest BCUT2D eigenvalue weighted by atomic mass is 79.9. The second-order valence-electron chi connectivity index (χ2n) is 6.21. The molecule has 0 spiro atoms. The summed E-state index contributed by atoms with van der Waals surface area (Å²) in [5, 5.41) is 3.43. The summed E-state index contributed by atoms with van der Waals surface area (Å²) in [4.78, 5) is 29.8. The van der Waals surface area contributed by atoms with Crippen molar-refractivity contribution in [2.45, 2.75) is 37.3 Å². The van der Waals surface area contributed by atoms with Gasteiger partial charge in [-0.1, -0.05) is 39.8 Å². The lowest BCUT2D eigenvalue weighted by atomic mass is 10.2. The molecule has 0 aliphatic rings. The molecule has 0 bridgehead atoms. The number of thioether (sulfide) groups is 1. The van der Waals surface area contributed by atoms with E-state index in [0.717, 1.165) is 10.0 Å². The van der Waals surface area contributed by atoms with Gasteiger partial charge in [-0.2, -0.15) is 0 Å². The maximum Gasteiger partial charge on any atom is 0.262 e. The minimum absolute atomic E-state index is 0.129. The van der Waals surface area contributed by atoms with Gasteiger partial charge in [-0.25, -0.2) is 9.37 Å². The standard InChI is InChI=1S/C20H19BrFN3O2S/c1-3-25-19(27)16-10-14(21)6-9-17(16)24-20(25)28-12(2)18(26)23-11-13-4-7-15(22)8-5-13/h4-10,12H,3,11H2,1-2H3,(H,23,26). The van der Waals surface area contributed by atoms with E-state index in [1.807, 2.05) is 13.0 Å². The number of nitrogens with one attached hydrogen (secondary N) is 1. The molecule has 2 aromatic carbocycles. The number of rotatable bonds is 6. The first kappa shape index (κ1) is 20.5. The monoisotopic (exact) mass is 463 g/mol. The van der Waals surface area contributed by atoms with Gasteiger partial charge in [-0.05, 0) is 49.7 Å². The Hall–Kier alpha value is -2.19. The van der Waals surface area contributed by atoms with Gasteiger partial charge in [0.2, 0.25) is 5.91 Å². The van der Waals surface area contributed by atoms with E-state index in [4.69, 9.17) is 0 Å². The fourth-order valence-corrected chi connectivity index (χ4v) is 4.05. The zero-order chi connectivity index (χ0) is 20.3. The lowest BCUT2D eigenvalue weighted by Crippen LogP contribution is -2.31. The zero-order valence-electron chi connectivity index (χ0n) is 15.4. The van der Waals surface area contributed by atoms with Crippen molar-refractivity contribution < 1.29 is 9.18 Å². The van der Waals surface area contributed by atoms with Crippen molar-refractivity contribution in [1.29, 1.82) is 0 Å². The molecule has 1 N–H and O–H groups in total. The first-order valence-corrected chi connectivity index (χ1v) is 10.4. The Morgan fingerprint density at radius 3 is 2.68 bits per heavy atom. The molecule has 146 valence electrons. The molecule has 0 radical (unpaired) electrons. The molecule has 8 heteroatoms. The van der Waals surface area contributed by atoms with Crippen LogP contribution in [0.1, 0.15) is 19.4 Å². The van der Waals surface area contributed by atoms with Crippen LogP contribution in [0.4, 0.5) is 4.39 Å². The van der Waals surface area contributed by atoms with Crippen LogP contribution in [-0.2, 0) is 17.9 Å². The average Bonchev–Trinajstić information content (AvgIpc) is 2.68. The summed E-state index contributed by atoms with van der Waals surface area (Å²) in [5.41, 5.74) is 1.28. The lowest BCUT2D eigenvalue weighted by Gasteiger charge is -2.15. The van der Waals surface area contributed by atoms with E-state index in [1.165, 1.54) is 23.9 Å². The highest BCUT2D eigenvalue weighted by Crippen LogP contribution is 2.24. The summed E-state index contributed by atoms with van der Waals surface area (Å²) in [7, 11) is 0. The minimum atomic E-state index is -0.446. The number of halogens is 2. The van der Waals surface area contributed by atoms with Gasteiger partial charge in [0.15, 0.2) is 5.16 Å². The summed E-state index contributed by atoms with van der Waals surface area (Å²) in [6.07, 6.45) is 0. The highest BCUT2D eigenvalue weighted by Gasteiger charge is 2.19. The summed E-state index contributed by atoms with van der Waals surface area (Å²) in [5.74, 6) is -0.493. The van der Waals surface area contributed by atoms with Crippen molar-refractivity contribution in [3.63, 3.8) is 0 Å². The Bertz CT molecular complexity index is 1070. The molecule has 1 atom stereocenters. The Morgan fingerprint density at radius 2 is 2.00 bits per heavy atom. The number of hydrogen-bond acceptors (Lipinski definition) is 4. The van der Waals surface area contributed by atoms with E-state index in [2.05, 4.69) is 26.2 Å². The SMILES string of the molecule is CCn1c(SC(C)C(=O)NCc2ccc(F)cc2)nc2ccc(Br)cc2c1=O. The minimum Gasteiger partial charge on any atom is -0.351 e. The quantitative estimate of drug-likeness (QED) is 0.441. The third-order valence-corrected chi connectivity index (χ3v) is 5.81. The molecule has 3 aromatic rings. The molecule has 1 amide bonds. The van der Waals surface area contributed by atoms with E-state index in [0.29, 0.717) is 29.1 Å². The van der Waals surface area contributed by atoms with E-state index in [-0.39, 0.29) is 17.3 Å². The molecular weight excluding hydrogens is 445 g/mol. The Labute approximate surface area is 174 Å². The van der Waals surface area contributed by atoms with Gasteiger partial charge in [0, 0.05) is 17.6 Å². The van der Waals surface area contributed by atoms with Gasteiger partial charge in [0.05, 0.1) is 16.2 Å². The molecule has 0 aliphatic heterocycles. The number of hydrogen-bond donors (Lipinski definition) is 1. The maximum atomic E-state index is 13.0. The third kappa shape index (κ3) is 4.62. The van der Waals surface area contributed by atoms with Crippen molar-refractivity contribution in [3.8, 4) is 0 Å². The molecule has 28 heavy (non-hydrogen) atoms. The summed E-state index contributed by atoms with van der Waals surface area (Å²) >= 11 is 4.62. The molecular formula is C20H19BrFN3O2S. The van der Waals surface area contributed by atoms with Crippen LogP contribution in [0.5, 0.6) is 0 Å². The van der Waals surface area contributed by atoms with Crippen LogP contribution >= 0.6 is 27.7 Å². The second kappa shape index (κ2) is 8.87. The van der Waals surface area contributed by atoms with Crippen molar-refractivity contribution in [1.82, 2.24) is 14.9 Å². The van der Waals surface area contributed by atoms with Crippen molar-refractivity contribution in [2.24, 2.45) is 0 Å². The van der Waals surface area contributed by atoms with Crippen LogP contribution < -0.4 is 10.9 Å². The zero-order valence-corrected chi connectivity index (χ0v) is 17.8. The van der Waals surface area contributed by atoms with Crippen LogP contribution in [0.3, 0.4) is 0 Å². The number of aromatic nitrogens is 2. The third-order valence-electron chi connectivity index (χ3n) is 4.23. The van der Waals surface area contributed by atoms with Crippen LogP contribution in [0.15, 0.2) is 56.9 Å².